The minimum Gasteiger partial charge on any atom is -0.497 e. The molecule has 0 unspecified atom stereocenters. The second-order valence-electron chi connectivity index (χ2n) is 4.22. The number of ether oxygens (including phenoxy) is 1. The van der Waals surface area contributed by atoms with Gasteiger partial charge < -0.3 is 14.7 Å². The Balaban J connectivity index is 2.47. The molecule has 0 saturated carbocycles. The van der Waals surface area contributed by atoms with E-state index >= 15 is 0 Å². The summed E-state index contributed by atoms with van der Waals surface area (Å²) in [6.07, 6.45) is 0. The smallest absolute Gasteiger partial charge is 0.339 e. The molecule has 0 radical (unpaired) electrons. The molecule has 2 aromatic carbocycles. The zero-order chi connectivity index (χ0) is 16.3. The van der Waals surface area contributed by atoms with Crippen LogP contribution in [0, 0.1) is 0 Å². The third-order valence-corrected chi connectivity index (χ3v) is 4.46. The maximum atomic E-state index is 12.3. The molecular weight excluding hydrogens is 374 g/mol. The fraction of sp³-hybridized carbons (Fsp3) is 0.0714. The predicted molar refractivity (Wildman–Crippen MR) is 83.5 cm³/mol. The average Bonchev–Trinajstić information content (AvgIpc) is 2.46. The first-order valence-corrected chi connectivity index (χ1v) is 8.21. The van der Waals surface area contributed by atoms with Gasteiger partial charge in [-0.05, 0) is 30.3 Å². The van der Waals surface area contributed by atoms with Crippen LogP contribution in [0.3, 0.4) is 0 Å². The van der Waals surface area contributed by atoms with Gasteiger partial charge in [-0.3, -0.25) is 4.79 Å². The number of hydrogen-bond acceptors (Lipinski definition) is 5. The molecule has 0 saturated heterocycles. The Labute approximate surface area is 136 Å². The number of carbonyl (C=O) groups is 1. The highest BCUT2D eigenvalue weighted by molar-refractivity contribution is 9.10. The van der Waals surface area contributed by atoms with Crippen LogP contribution in [0.5, 0.6) is 11.5 Å². The van der Waals surface area contributed by atoms with Crippen LogP contribution in [-0.2, 0) is 10.1 Å². The van der Waals surface area contributed by atoms with Crippen molar-refractivity contribution in [3.05, 3.63) is 52.5 Å². The summed E-state index contributed by atoms with van der Waals surface area (Å²) in [6.45, 7) is 0. The summed E-state index contributed by atoms with van der Waals surface area (Å²) >= 11 is 3.19. The molecule has 0 aliphatic rings. The number of benzene rings is 2. The van der Waals surface area contributed by atoms with Gasteiger partial charge in [-0.25, -0.2) is 0 Å². The molecule has 0 bridgehead atoms. The lowest BCUT2D eigenvalue weighted by Crippen LogP contribution is -2.16. The number of rotatable bonds is 5. The first-order valence-electron chi connectivity index (χ1n) is 6.01. The van der Waals surface area contributed by atoms with Crippen molar-refractivity contribution in [2.45, 2.75) is 4.90 Å². The second kappa shape index (κ2) is 6.37. The summed E-state index contributed by atoms with van der Waals surface area (Å²) < 4.78 is 35.2. The van der Waals surface area contributed by atoms with E-state index in [-0.39, 0.29) is 16.2 Å². The number of nitrogens with two attached hydrogens (primary N) is 1. The highest BCUT2D eigenvalue weighted by Gasteiger charge is 2.21. The van der Waals surface area contributed by atoms with Crippen molar-refractivity contribution in [2.24, 2.45) is 5.73 Å². The molecule has 2 aromatic rings. The molecule has 8 heteroatoms. The molecule has 0 aliphatic carbocycles. The van der Waals surface area contributed by atoms with Gasteiger partial charge in [-0.2, -0.15) is 8.42 Å². The van der Waals surface area contributed by atoms with Crippen LogP contribution in [0.4, 0.5) is 0 Å². The number of primary amides is 1. The third-order valence-electron chi connectivity index (χ3n) is 2.74. The van der Waals surface area contributed by atoms with Crippen molar-refractivity contribution in [1.82, 2.24) is 0 Å². The van der Waals surface area contributed by atoms with Crippen LogP contribution >= 0.6 is 15.9 Å². The van der Waals surface area contributed by atoms with Gasteiger partial charge in [-0.15, -0.1) is 0 Å². The molecule has 0 aromatic heterocycles. The van der Waals surface area contributed by atoms with E-state index in [0.717, 1.165) is 0 Å². The maximum absolute atomic E-state index is 12.3. The number of hydrogen-bond donors (Lipinski definition) is 1. The first-order chi connectivity index (χ1) is 10.3. The zero-order valence-corrected chi connectivity index (χ0v) is 13.8. The van der Waals surface area contributed by atoms with Crippen molar-refractivity contribution in [3.63, 3.8) is 0 Å². The largest absolute Gasteiger partial charge is 0.497 e. The van der Waals surface area contributed by atoms with Gasteiger partial charge in [0.25, 0.3) is 5.91 Å². The van der Waals surface area contributed by atoms with Gasteiger partial charge in [0, 0.05) is 10.5 Å². The molecule has 0 fully saturated rings. The van der Waals surface area contributed by atoms with Crippen molar-refractivity contribution < 1.29 is 22.1 Å². The highest BCUT2D eigenvalue weighted by atomic mass is 79.9. The Hall–Kier alpha value is -2.06. The van der Waals surface area contributed by atoms with Gasteiger partial charge >= 0.3 is 10.1 Å². The first kappa shape index (κ1) is 16.3. The van der Waals surface area contributed by atoms with E-state index in [9.17, 15) is 13.2 Å². The van der Waals surface area contributed by atoms with E-state index in [1.54, 1.807) is 12.1 Å². The molecule has 116 valence electrons. The van der Waals surface area contributed by atoms with Crippen molar-refractivity contribution in [2.75, 3.05) is 7.11 Å². The summed E-state index contributed by atoms with van der Waals surface area (Å²) in [6, 6.07) is 10.1. The lowest BCUT2D eigenvalue weighted by Gasteiger charge is -2.11. The minimum absolute atomic E-state index is 0.0554. The molecule has 1 amide bonds. The van der Waals surface area contributed by atoms with Crippen LogP contribution in [-0.4, -0.2) is 21.4 Å². The van der Waals surface area contributed by atoms with Crippen LogP contribution in [0.1, 0.15) is 10.4 Å². The molecule has 0 spiro atoms. The predicted octanol–water partition coefficient (Wildman–Crippen LogP) is 2.32. The molecule has 2 rings (SSSR count). The summed E-state index contributed by atoms with van der Waals surface area (Å²) in [5, 5.41) is 0. The molecule has 6 nitrogen and oxygen atoms in total. The Bertz CT molecular complexity index is 820. The van der Waals surface area contributed by atoms with E-state index in [1.807, 2.05) is 0 Å². The Morgan fingerprint density at radius 1 is 1.18 bits per heavy atom. The topological polar surface area (TPSA) is 95.7 Å². The molecule has 0 atom stereocenters. The van der Waals surface area contributed by atoms with Crippen molar-refractivity contribution >= 4 is 32.0 Å². The lowest BCUT2D eigenvalue weighted by molar-refractivity contribution is 0.0999. The Morgan fingerprint density at radius 2 is 1.91 bits per heavy atom. The number of methoxy groups -OCH3 is 1. The van der Waals surface area contributed by atoms with E-state index in [2.05, 4.69) is 15.9 Å². The van der Waals surface area contributed by atoms with Gasteiger partial charge in [0.15, 0.2) is 5.75 Å². The number of halogens is 1. The number of carbonyl (C=O) groups excluding carboxylic acids is 1. The molecule has 22 heavy (non-hydrogen) atoms. The molecule has 2 N–H and O–H groups in total. The van der Waals surface area contributed by atoms with E-state index in [4.69, 9.17) is 14.7 Å². The van der Waals surface area contributed by atoms with Crippen molar-refractivity contribution in [3.8, 4) is 11.5 Å². The van der Waals surface area contributed by atoms with Gasteiger partial charge in [0.2, 0.25) is 0 Å². The van der Waals surface area contributed by atoms with Gasteiger partial charge in [0.05, 0.1) is 12.7 Å². The second-order valence-corrected chi connectivity index (χ2v) is 6.68. The van der Waals surface area contributed by atoms with Crippen molar-refractivity contribution in [1.29, 1.82) is 0 Å². The van der Waals surface area contributed by atoms with Gasteiger partial charge in [0.1, 0.15) is 10.6 Å². The van der Waals surface area contributed by atoms with E-state index < -0.39 is 16.0 Å². The summed E-state index contributed by atoms with van der Waals surface area (Å²) in [5.74, 6) is -0.654. The Morgan fingerprint density at radius 3 is 2.50 bits per heavy atom. The Kier molecular flexibility index (Phi) is 4.72. The third kappa shape index (κ3) is 3.58. The fourth-order valence-corrected chi connectivity index (χ4v) is 3.23. The highest BCUT2D eigenvalue weighted by Crippen LogP contribution is 2.28. The summed E-state index contributed by atoms with van der Waals surface area (Å²) in [4.78, 5) is 11.3. The zero-order valence-electron chi connectivity index (χ0n) is 11.4. The van der Waals surface area contributed by atoms with Gasteiger partial charge in [-0.1, -0.05) is 22.0 Å². The van der Waals surface area contributed by atoms with E-state index in [1.165, 1.54) is 37.4 Å². The van der Waals surface area contributed by atoms with Crippen LogP contribution in [0.15, 0.2) is 51.8 Å². The van der Waals surface area contributed by atoms with Crippen LogP contribution in [0.25, 0.3) is 0 Å². The molecular formula is C14H12BrNO5S. The summed E-state index contributed by atoms with van der Waals surface area (Å²) in [5.41, 5.74) is 5.17. The fourth-order valence-electron chi connectivity index (χ4n) is 1.69. The quantitative estimate of drug-likeness (QED) is 0.796. The standard InChI is InChI=1S/C14H12BrNO5S/c1-20-10-5-6-12(14(16)17)13(8-10)21-22(18,19)11-4-2-3-9(15)7-11/h2-8H,1H3,(H2,16,17). The molecule has 0 aliphatic heterocycles. The van der Waals surface area contributed by atoms with Crippen LogP contribution < -0.4 is 14.7 Å². The van der Waals surface area contributed by atoms with Crippen LogP contribution in [0.2, 0.25) is 0 Å². The minimum atomic E-state index is -4.11. The summed E-state index contributed by atoms with van der Waals surface area (Å²) in [7, 11) is -2.70. The number of amides is 1. The monoisotopic (exact) mass is 385 g/mol. The average molecular weight is 386 g/mol. The normalized spacial score (nSPS) is 11.0. The SMILES string of the molecule is COc1ccc(C(N)=O)c(OS(=O)(=O)c2cccc(Br)c2)c1. The van der Waals surface area contributed by atoms with E-state index in [0.29, 0.717) is 10.2 Å². The molecule has 0 heterocycles. The maximum Gasteiger partial charge on any atom is 0.339 e. The lowest BCUT2D eigenvalue weighted by atomic mass is 10.2.